The predicted molar refractivity (Wildman–Crippen MR) is 102 cm³/mol. The van der Waals surface area contributed by atoms with E-state index in [1.807, 2.05) is 12.1 Å². The topological polar surface area (TPSA) is 84.0 Å². The van der Waals surface area contributed by atoms with Crippen LogP contribution >= 0.6 is 22.7 Å². The molecule has 0 atom stereocenters. The van der Waals surface area contributed by atoms with Gasteiger partial charge in [0.15, 0.2) is 5.13 Å². The summed E-state index contributed by atoms with van der Waals surface area (Å²) in [6.45, 7) is 0. The normalized spacial score (nSPS) is 10.3. The smallest absolute Gasteiger partial charge is 0.257 e. The van der Waals surface area contributed by atoms with Gasteiger partial charge in [-0.2, -0.15) is 4.98 Å². The summed E-state index contributed by atoms with van der Waals surface area (Å²) in [7, 11) is 0. The minimum absolute atomic E-state index is 0.222. The predicted octanol–water partition coefficient (Wildman–Crippen LogP) is 3.86. The van der Waals surface area contributed by atoms with Gasteiger partial charge in [0.25, 0.3) is 11.8 Å². The molecule has 0 radical (unpaired) electrons. The van der Waals surface area contributed by atoms with E-state index < -0.39 is 0 Å². The summed E-state index contributed by atoms with van der Waals surface area (Å²) in [6, 6.07) is 10.6. The van der Waals surface area contributed by atoms with E-state index in [1.54, 1.807) is 35.8 Å². The quantitative estimate of drug-likeness (QED) is 0.565. The SMILES string of the molecule is O=C(Nc1nc#cs1)c1ccc2cc(C(=O)Nc3nccs3)ccc2c1. The Labute approximate surface area is 156 Å². The molecule has 2 aromatic heterocycles. The fourth-order valence-corrected chi connectivity index (χ4v) is 3.32. The van der Waals surface area contributed by atoms with Crippen LogP contribution in [0, 0.1) is 11.6 Å². The number of fused-ring (bicyclic) bond motifs is 1. The maximum atomic E-state index is 12.3. The van der Waals surface area contributed by atoms with Crippen molar-refractivity contribution in [3.63, 3.8) is 0 Å². The average molecular weight is 378 g/mol. The van der Waals surface area contributed by atoms with E-state index in [0.29, 0.717) is 21.4 Å². The fourth-order valence-electron chi connectivity index (χ4n) is 2.37. The Hall–Kier alpha value is -3.28. The summed E-state index contributed by atoms with van der Waals surface area (Å²) in [6.07, 6.45) is 4.17. The van der Waals surface area contributed by atoms with E-state index >= 15 is 0 Å². The van der Waals surface area contributed by atoms with Gasteiger partial charge in [-0.1, -0.05) is 12.1 Å². The summed E-state index contributed by atoms with van der Waals surface area (Å²) < 4.78 is 0. The number of nitrogens with zero attached hydrogens (tertiary/aromatic N) is 2. The van der Waals surface area contributed by atoms with Gasteiger partial charge in [0.1, 0.15) is 0 Å². The van der Waals surface area contributed by atoms with Gasteiger partial charge in [-0.25, -0.2) is 4.98 Å². The summed E-state index contributed by atoms with van der Waals surface area (Å²) in [5.74, 6) is -0.478. The minimum atomic E-state index is -0.255. The third-order valence-corrected chi connectivity index (χ3v) is 4.86. The van der Waals surface area contributed by atoms with Crippen LogP contribution in [0.3, 0.4) is 0 Å². The second-order valence-electron chi connectivity index (χ2n) is 5.26. The molecule has 0 saturated carbocycles. The number of benzene rings is 2. The van der Waals surface area contributed by atoms with E-state index in [2.05, 4.69) is 32.2 Å². The lowest BCUT2D eigenvalue weighted by Gasteiger charge is -2.06. The number of anilines is 2. The highest BCUT2D eigenvalue weighted by Crippen LogP contribution is 2.20. The monoisotopic (exact) mass is 378 g/mol. The van der Waals surface area contributed by atoms with Crippen LogP contribution in [-0.4, -0.2) is 21.8 Å². The largest absolute Gasteiger partial charge is 0.298 e. The Morgan fingerprint density at radius 3 is 2.12 bits per heavy atom. The molecule has 8 heteroatoms. The molecule has 0 saturated heterocycles. The van der Waals surface area contributed by atoms with Gasteiger partial charge in [-0.05, 0) is 46.4 Å². The molecule has 4 rings (SSSR count). The number of hydrogen-bond acceptors (Lipinski definition) is 6. The van der Waals surface area contributed by atoms with E-state index in [4.69, 9.17) is 0 Å². The molecule has 2 heterocycles. The zero-order valence-electron chi connectivity index (χ0n) is 13.1. The maximum Gasteiger partial charge on any atom is 0.257 e. The zero-order chi connectivity index (χ0) is 17.9. The molecule has 0 spiro atoms. The van der Waals surface area contributed by atoms with Gasteiger partial charge < -0.3 is 0 Å². The van der Waals surface area contributed by atoms with Crippen LogP contribution in [0.2, 0.25) is 0 Å². The minimum Gasteiger partial charge on any atom is -0.298 e. The number of thiazole rings is 1. The van der Waals surface area contributed by atoms with Gasteiger partial charge >= 0.3 is 0 Å². The van der Waals surface area contributed by atoms with Crippen molar-refractivity contribution in [2.45, 2.75) is 0 Å². The summed E-state index contributed by atoms with van der Waals surface area (Å²) in [5, 5.41) is 12.7. The highest BCUT2D eigenvalue weighted by molar-refractivity contribution is 7.13. The van der Waals surface area contributed by atoms with Crippen molar-refractivity contribution in [1.29, 1.82) is 0 Å². The molecule has 0 aliphatic heterocycles. The highest BCUT2D eigenvalue weighted by atomic mass is 32.1. The van der Waals surface area contributed by atoms with Crippen LogP contribution in [-0.2, 0) is 0 Å². The third kappa shape index (κ3) is 3.39. The number of nitrogens with one attached hydrogen (secondary N) is 2. The van der Waals surface area contributed by atoms with Crippen molar-refractivity contribution in [1.82, 2.24) is 9.97 Å². The van der Waals surface area contributed by atoms with E-state index in [1.165, 1.54) is 22.7 Å². The molecule has 0 bridgehead atoms. The van der Waals surface area contributed by atoms with Crippen molar-refractivity contribution in [3.05, 3.63) is 70.7 Å². The Bertz CT molecular complexity index is 988. The summed E-state index contributed by atoms with van der Waals surface area (Å²) >= 11 is 2.54. The Balaban J connectivity index is 1.56. The van der Waals surface area contributed by atoms with Gasteiger partial charge in [0, 0.05) is 28.1 Å². The fraction of sp³-hybridized carbons (Fsp3) is 0. The number of aromatic nitrogens is 2. The number of rotatable bonds is 4. The van der Waals surface area contributed by atoms with Gasteiger partial charge in [-0.15, -0.1) is 11.3 Å². The number of hydrogen-bond donors (Lipinski definition) is 2. The van der Waals surface area contributed by atoms with Gasteiger partial charge in [-0.3, -0.25) is 20.2 Å². The van der Waals surface area contributed by atoms with Crippen LogP contribution in [0.5, 0.6) is 0 Å². The van der Waals surface area contributed by atoms with Crippen molar-refractivity contribution in [3.8, 4) is 0 Å². The molecule has 0 aliphatic carbocycles. The van der Waals surface area contributed by atoms with Crippen molar-refractivity contribution < 1.29 is 9.59 Å². The Kier molecular flexibility index (Phi) is 4.31. The molecule has 26 heavy (non-hydrogen) atoms. The molecule has 0 aliphatic rings. The van der Waals surface area contributed by atoms with Crippen molar-refractivity contribution in [2.75, 3.05) is 10.6 Å². The van der Waals surface area contributed by atoms with Crippen molar-refractivity contribution >= 4 is 55.5 Å². The first-order valence-electron chi connectivity index (χ1n) is 7.49. The number of amides is 2. The summed E-state index contributed by atoms with van der Waals surface area (Å²) in [4.78, 5) is 32.5. The summed E-state index contributed by atoms with van der Waals surface area (Å²) in [5.41, 5.74) is 1.03. The molecule has 4 aromatic rings. The zero-order valence-corrected chi connectivity index (χ0v) is 14.8. The lowest BCUT2D eigenvalue weighted by molar-refractivity contribution is 0.101. The molecular formula is C18H10N4O2S2. The highest BCUT2D eigenvalue weighted by Gasteiger charge is 2.11. The molecule has 2 amide bonds. The third-order valence-electron chi connectivity index (χ3n) is 3.59. The molecule has 2 aromatic carbocycles. The molecule has 2 N–H and O–H groups in total. The van der Waals surface area contributed by atoms with Gasteiger partial charge in [0.2, 0.25) is 5.13 Å². The second kappa shape index (κ2) is 6.92. The lowest BCUT2D eigenvalue weighted by Crippen LogP contribution is -2.12. The number of carbonyl (C=O) groups excluding carboxylic acids is 2. The van der Waals surface area contributed by atoms with Crippen LogP contribution in [0.4, 0.5) is 10.3 Å². The average Bonchev–Trinajstić information content (AvgIpc) is 3.35. The second-order valence-corrected chi connectivity index (χ2v) is 6.94. The van der Waals surface area contributed by atoms with Crippen LogP contribution < -0.4 is 10.6 Å². The molecular weight excluding hydrogens is 368 g/mol. The number of carbonyl (C=O) groups is 2. The van der Waals surface area contributed by atoms with Crippen molar-refractivity contribution in [2.24, 2.45) is 0 Å². The Morgan fingerprint density at radius 1 is 0.923 bits per heavy atom. The lowest BCUT2D eigenvalue weighted by atomic mass is 10.0. The molecule has 0 unspecified atom stereocenters. The van der Waals surface area contributed by atoms with E-state index in [-0.39, 0.29) is 11.8 Å². The first-order valence-corrected chi connectivity index (χ1v) is 9.19. The van der Waals surface area contributed by atoms with Crippen LogP contribution in [0.25, 0.3) is 10.8 Å². The first-order chi connectivity index (χ1) is 12.7. The maximum absolute atomic E-state index is 12.3. The first kappa shape index (κ1) is 16.2. The Morgan fingerprint density at radius 2 is 1.58 bits per heavy atom. The molecule has 0 fully saturated rings. The van der Waals surface area contributed by atoms with Gasteiger partial charge in [0.05, 0.1) is 6.20 Å². The van der Waals surface area contributed by atoms with Crippen LogP contribution in [0.15, 0.2) is 48.0 Å². The molecule has 6 nitrogen and oxygen atoms in total. The van der Waals surface area contributed by atoms with Crippen LogP contribution in [0.1, 0.15) is 20.7 Å². The standard InChI is InChI=1S/C18H10N4O2S2/c23-15(21-17-19-5-7-25-17)13-3-1-11-9-14(4-2-12(11)10-13)16(24)22-18-20-6-8-26-18/h1-5,7,9-10H,(H,19,21,23)(H,20,22,24). The molecule has 126 valence electrons. The van der Waals surface area contributed by atoms with E-state index in [9.17, 15) is 9.59 Å². The van der Waals surface area contributed by atoms with E-state index in [0.717, 1.165) is 10.8 Å².